The van der Waals surface area contributed by atoms with Crippen molar-refractivity contribution in [1.82, 2.24) is 15.3 Å². The number of nitrogens with zero attached hydrogens (tertiary/aromatic N) is 2. The van der Waals surface area contributed by atoms with E-state index in [1.165, 1.54) is 11.3 Å². The SMILES string of the molecule is Cc1nc(N)sc1C(=O)NC(C)c1cccnc1. The monoisotopic (exact) mass is 262 g/mol. The molecule has 0 aliphatic heterocycles. The van der Waals surface area contributed by atoms with Crippen LogP contribution in [0.15, 0.2) is 24.5 Å². The Balaban J connectivity index is 2.10. The molecule has 94 valence electrons. The molecule has 0 aliphatic carbocycles. The van der Waals surface area contributed by atoms with Crippen molar-refractivity contribution in [2.75, 3.05) is 5.73 Å². The molecule has 2 aromatic rings. The van der Waals surface area contributed by atoms with Gasteiger partial charge in [0.25, 0.3) is 5.91 Å². The summed E-state index contributed by atoms with van der Waals surface area (Å²) < 4.78 is 0. The maximum Gasteiger partial charge on any atom is 0.263 e. The van der Waals surface area contributed by atoms with E-state index < -0.39 is 0 Å². The summed E-state index contributed by atoms with van der Waals surface area (Å²) in [6.07, 6.45) is 3.44. The van der Waals surface area contributed by atoms with Gasteiger partial charge < -0.3 is 11.1 Å². The number of hydrogen-bond acceptors (Lipinski definition) is 5. The van der Waals surface area contributed by atoms with Crippen molar-refractivity contribution in [3.8, 4) is 0 Å². The van der Waals surface area contributed by atoms with E-state index in [2.05, 4.69) is 15.3 Å². The van der Waals surface area contributed by atoms with Gasteiger partial charge in [0.1, 0.15) is 4.88 Å². The molecule has 3 N–H and O–H groups in total. The van der Waals surface area contributed by atoms with E-state index in [0.29, 0.717) is 15.7 Å². The number of nitrogen functional groups attached to an aromatic ring is 1. The highest BCUT2D eigenvalue weighted by molar-refractivity contribution is 7.17. The van der Waals surface area contributed by atoms with Crippen molar-refractivity contribution in [3.63, 3.8) is 0 Å². The quantitative estimate of drug-likeness (QED) is 0.885. The Morgan fingerprint density at radius 3 is 2.89 bits per heavy atom. The van der Waals surface area contributed by atoms with E-state index in [4.69, 9.17) is 5.73 Å². The number of carbonyl (C=O) groups is 1. The molecule has 1 unspecified atom stereocenters. The molecule has 0 aliphatic rings. The minimum atomic E-state index is -0.155. The molecule has 0 saturated heterocycles. The van der Waals surface area contributed by atoms with Crippen LogP contribution in [0.1, 0.15) is 33.9 Å². The van der Waals surface area contributed by atoms with E-state index >= 15 is 0 Å². The lowest BCUT2D eigenvalue weighted by Gasteiger charge is -2.13. The zero-order valence-electron chi connectivity index (χ0n) is 10.2. The van der Waals surface area contributed by atoms with Crippen molar-refractivity contribution in [2.24, 2.45) is 0 Å². The number of nitrogens with two attached hydrogens (primary N) is 1. The van der Waals surface area contributed by atoms with E-state index in [-0.39, 0.29) is 11.9 Å². The van der Waals surface area contributed by atoms with Crippen LogP contribution in [0.3, 0.4) is 0 Å². The van der Waals surface area contributed by atoms with Crippen molar-refractivity contribution in [2.45, 2.75) is 19.9 Å². The van der Waals surface area contributed by atoms with Gasteiger partial charge in [0.05, 0.1) is 11.7 Å². The molecule has 1 atom stereocenters. The first-order valence-corrected chi connectivity index (χ1v) is 6.33. The molecule has 0 spiro atoms. The van der Waals surface area contributed by atoms with Crippen LogP contribution in [-0.4, -0.2) is 15.9 Å². The molecule has 1 amide bonds. The topological polar surface area (TPSA) is 80.9 Å². The molecule has 0 fully saturated rings. The number of carbonyl (C=O) groups excluding carboxylic acids is 1. The van der Waals surface area contributed by atoms with Gasteiger partial charge in [-0.3, -0.25) is 9.78 Å². The number of aryl methyl sites for hydroxylation is 1. The zero-order chi connectivity index (χ0) is 13.1. The van der Waals surface area contributed by atoms with Crippen LogP contribution in [0.2, 0.25) is 0 Å². The Morgan fingerprint density at radius 1 is 1.56 bits per heavy atom. The van der Waals surface area contributed by atoms with Gasteiger partial charge >= 0.3 is 0 Å². The number of hydrogen-bond donors (Lipinski definition) is 2. The number of pyridine rings is 1. The van der Waals surface area contributed by atoms with Crippen LogP contribution in [-0.2, 0) is 0 Å². The van der Waals surface area contributed by atoms with Crippen molar-refractivity contribution in [1.29, 1.82) is 0 Å². The summed E-state index contributed by atoms with van der Waals surface area (Å²) in [5.74, 6) is -0.155. The maximum atomic E-state index is 12.0. The predicted molar refractivity (Wildman–Crippen MR) is 71.4 cm³/mol. The Morgan fingerprint density at radius 2 is 2.33 bits per heavy atom. The largest absolute Gasteiger partial charge is 0.375 e. The van der Waals surface area contributed by atoms with Crippen molar-refractivity contribution in [3.05, 3.63) is 40.7 Å². The van der Waals surface area contributed by atoms with Crippen LogP contribution >= 0.6 is 11.3 Å². The molecular weight excluding hydrogens is 248 g/mol. The second-order valence-electron chi connectivity index (χ2n) is 3.95. The minimum Gasteiger partial charge on any atom is -0.375 e. The number of rotatable bonds is 3. The number of anilines is 1. The second-order valence-corrected chi connectivity index (χ2v) is 4.98. The molecule has 0 saturated carbocycles. The zero-order valence-corrected chi connectivity index (χ0v) is 11.0. The summed E-state index contributed by atoms with van der Waals surface area (Å²) in [4.78, 5) is 20.7. The van der Waals surface area contributed by atoms with Gasteiger partial charge in [0.2, 0.25) is 0 Å². The standard InChI is InChI=1S/C12H14N4OS/c1-7(9-4-3-5-14-6-9)15-11(17)10-8(2)16-12(13)18-10/h3-7H,1-2H3,(H2,13,16)(H,15,17). The van der Waals surface area contributed by atoms with E-state index in [1.807, 2.05) is 19.1 Å². The predicted octanol–water partition coefficient (Wildman–Crippen LogP) is 1.92. The fraction of sp³-hybridized carbons (Fsp3) is 0.250. The third-order valence-electron chi connectivity index (χ3n) is 2.55. The van der Waals surface area contributed by atoms with Gasteiger partial charge in [-0.05, 0) is 25.5 Å². The molecule has 6 heteroatoms. The Hall–Kier alpha value is -1.95. The number of nitrogens with one attached hydrogen (secondary N) is 1. The fourth-order valence-corrected chi connectivity index (χ4v) is 2.34. The van der Waals surface area contributed by atoms with Crippen LogP contribution in [0.5, 0.6) is 0 Å². The van der Waals surface area contributed by atoms with Crippen molar-refractivity contribution < 1.29 is 4.79 Å². The van der Waals surface area contributed by atoms with Gasteiger partial charge in [-0.2, -0.15) is 0 Å². The summed E-state index contributed by atoms with van der Waals surface area (Å²) in [6, 6.07) is 3.66. The molecule has 0 aromatic carbocycles. The van der Waals surface area contributed by atoms with E-state index in [9.17, 15) is 4.79 Å². The fourth-order valence-electron chi connectivity index (χ4n) is 1.61. The molecule has 18 heavy (non-hydrogen) atoms. The number of amides is 1. The third kappa shape index (κ3) is 2.65. The van der Waals surface area contributed by atoms with Gasteiger partial charge in [0.15, 0.2) is 5.13 Å². The summed E-state index contributed by atoms with van der Waals surface area (Å²) in [5, 5.41) is 3.31. The molecule has 0 bridgehead atoms. The number of thiazole rings is 1. The van der Waals surface area contributed by atoms with Gasteiger partial charge in [0, 0.05) is 12.4 Å². The summed E-state index contributed by atoms with van der Waals surface area (Å²) >= 11 is 1.20. The lowest BCUT2D eigenvalue weighted by molar-refractivity contribution is 0.0943. The Bertz CT molecular complexity index is 552. The Kier molecular flexibility index (Phi) is 3.57. The average molecular weight is 262 g/mol. The van der Waals surface area contributed by atoms with Crippen LogP contribution in [0, 0.1) is 6.92 Å². The van der Waals surface area contributed by atoms with Crippen LogP contribution in [0.4, 0.5) is 5.13 Å². The highest BCUT2D eigenvalue weighted by Crippen LogP contribution is 2.20. The van der Waals surface area contributed by atoms with Crippen LogP contribution < -0.4 is 11.1 Å². The smallest absolute Gasteiger partial charge is 0.263 e. The first-order chi connectivity index (χ1) is 8.58. The van der Waals surface area contributed by atoms with Gasteiger partial charge in [-0.1, -0.05) is 17.4 Å². The second kappa shape index (κ2) is 5.14. The van der Waals surface area contributed by atoms with E-state index in [0.717, 1.165) is 5.56 Å². The molecule has 2 heterocycles. The van der Waals surface area contributed by atoms with E-state index in [1.54, 1.807) is 19.3 Å². The maximum absolute atomic E-state index is 12.0. The molecule has 5 nitrogen and oxygen atoms in total. The molecule has 0 radical (unpaired) electrons. The molecular formula is C12H14N4OS. The average Bonchev–Trinajstić information content (AvgIpc) is 2.69. The Labute approximate surface area is 109 Å². The molecule has 2 aromatic heterocycles. The van der Waals surface area contributed by atoms with Crippen molar-refractivity contribution >= 4 is 22.4 Å². The lowest BCUT2D eigenvalue weighted by Crippen LogP contribution is -2.26. The summed E-state index contributed by atoms with van der Waals surface area (Å²) in [6.45, 7) is 3.69. The van der Waals surface area contributed by atoms with Gasteiger partial charge in [-0.25, -0.2) is 4.98 Å². The molecule has 2 rings (SSSR count). The number of aromatic nitrogens is 2. The minimum absolute atomic E-state index is 0.103. The van der Waals surface area contributed by atoms with Crippen LogP contribution in [0.25, 0.3) is 0 Å². The highest BCUT2D eigenvalue weighted by Gasteiger charge is 2.16. The lowest BCUT2D eigenvalue weighted by atomic mass is 10.1. The summed E-state index contributed by atoms with van der Waals surface area (Å²) in [5.41, 5.74) is 7.20. The summed E-state index contributed by atoms with van der Waals surface area (Å²) in [7, 11) is 0. The first kappa shape index (κ1) is 12.5. The van der Waals surface area contributed by atoms with Gasteiger partial charge in [-0.15, -0.1) is 0 Å². The highest BCUT2D eigenvalue weighted by atomic mass is 32.1. The first-order valence-electron chi connectivity index (χ1n) is 5.51. The normalized spacial score (nSPS) is 12.1. The third-order valence-corrected chi connectivity index (χ3v) is 3.54.